The van der Waals surface area contributed by atoms with Gasteiger partial charge in [0.05, 0.1) is 5.69 Å². The molecule has 0 spiro atoms. The first-order chi connectivity index (χ1) is 13.1. The highest BCUT2D eigenvalue weighted by Gasteiger charge is 2.57. The lowest BCUT2D eigenvalue weighted by molar-refractivity contribution is -0.0611. The van der Waals surface area contributed by atoms with Gasteiger partial charge in [-0.25, -0.2) is 9.50 Å². The van der Waals surface area contributed by atoms with Crippen molar-refractivity contribution in [3.63, 3.8) is 0 Å². The molecule has 1 aromatic carbocycles. The third kappa shape index (κ3) is 2.67. The van der Waals surface area contributed by atoms with E-state index in [0.29, 0.717) is 11.3 Å². The summed E-state index contributed by atoms with van der Waals surface area (Å²) in [5, 5.41) is 35.0. The van der Waals surface area contributed by atoms with Crippen LogP contribution in [-0.2, 0) is 10.3 Å². The van der Waals surface area contributed by atoms with Crippen LogP contribution in [0.2, 0.25) is 0 Å². The fourth-order valence-corrected chi connectivity index (χ4v) is 3.25. The number of anilines is 1. The summed E-state index contributed by atoms with van der Waals surface area (Å²) in [7, 11) is 0. The Labute approximate surface area is 154 Å². The maximum Gasteiger partial charge on any atom is 0.225 e. The van der Waals surface area contributed by atoms with Crippen molar-refractivity contribution < 1.29 is 19.7 Å². The van der Waals surface area contributed by atoms with Crippen LogP contribution < -0.4 is 10.5 Å². The van der Waals surface area contributed by atoms with Crippen molar-refractivity contribution in [2.75, 3.05) is 12.3 Å². The largest absolute Gasteiger partial charge is 0.491 e. The van der Waals surface area contributed by atoms with Gasteiger partial charge in [-0.1, -0.05) is 18.2 Å². The molecule has 1 fully saturated rings. The number of hydrogen-bond acceptors (Lipinski definition) is 8. The molecular weight excluding hydrogens is 350 g/mol. The van der Waals surface area contributed by atoms with Crippen molar-refractivity contribution in [2.45, 2.75) is 23.9 Å². The smallest absolute Gasteiger partial charge is 0.225 e. The highest BCUT2D eigenvalue weighted by atomic mass is 16.6. The number of benzene rings is 1. The summed E-state index contributed by atoms with van der Waals surface area (Å²) in [5.41, 5.74) is 4.73. The van der Waals surface area contributed by atoms with Gasteiger partial charge in [0.1, 0.15) is 48.6 Å². The molecule has 4 rings (SSSR count). The van der Waals surface area contributed by atoms with E-state index in [0.717, 1.165) is 0 Å². The fourth-order valence-electron chi connectivity index (χ4n) is 3.25. The standard InChI is InChI=1S/C18H17N5O4/c19-9-18(14-7-6-12-17(20)21-10-22-23(12)14)16(25)15(24)13(27-18)8-26-11-4-2-1-3-5-11/h1-7,10,13,15-16,24-25H,8H2,(H2,20,21,22)/t13-,15-,16-,18+/m1/s1. The van der Waals surface area contributed by atoms with Crippen molar-refractivity contribution >= 4 is 11.3 Å². The van der Waals surface area contributed by atoms with Crippen LogP contribution in [0.25, 0.3) is 5.52 Å². The summed E-state index contributed by atoms with van der Waals surface area (Å²) in [6.45, 7) is -0.0356. The van der Waals surface area contributed by atoms with Gasteiger partial charge < -0.3 is 25.4 Å². The van der Waals surface area contributed by atoms with Crippen LogP contribution >= 0.6 is 0 Å². The number of fused-ring (bicyclic) bond motifs is 1. The number of rotatable bonds is 4. The Morgan fingerprint density at radius 2 is 2.04 bits per heavy atom. The Balaban J connectivity index is 1.66. The molecule has 138 valence electrons. The summed E-state index contributed by atoms with van der Waals surface area (Å²) in [4.78, 5) is 3.90. The molecule has 0 saturated carbocycles. The van der Waals surface area contributed by atoms with Crippen LogP contribution in [0.5, 0.6) is 5.75 Å². The van der Waals surface area contributed by atoms with Crippen molar-refractivity contribution in [3.8, 4) is 11.8 Å². The minimum absolute atomic E-state index is 0.0356. The fraction of sp³-hybridized carbons (Fsp3) is 0.278. The van der Waals surface area contributed by atoms with Crippen LogP contribution in [-0.4, -0.2) is 49.7 Å². The predicted molar refractivity (Wildman–Crippen MR) is 93.5 cm³/mol. The summed E-state index contributed by atoms with van der Waals surface area (Å²) < 4.78 is 12.8. The number of nitrogens with zero attached hydrogens (tertiary/aromatic N) is 4. The average molecular weight is 367 g/mol. The molecule has 3 heterocycles. The lowest BCUT2D eigenvalue weighted by Crippen LogP contribution is -2.41. The van der Waals surface area contributed by atoms with Gasteiger partial charge in [0, 0.05) is 0 Å². The molecule has 0 bridgehead atoms. The lowest BCUT2D eigenvalue weighted by Gasteiger charge is -2.24. The zero-order chi connectivity index (χ0) is 19.0. The van der Waals surface area contributed by atoms with Crippen LogP contribution in [0, 0.1) is 11.3 Å². The molecule has 0 unspecified atom stereocenters. The summed E-state index contributed by atoms with van der Waals surface area (Å²) in [6.07, 6.45) is -2.49. The predicted octanol–water partition coefficient (Wildman–Crippen LogP) is 0.230. The van der Waals surface area contributed by atoms with Gasteiger partial charge in [-0.05, 0) is 24.3 Å². The van der Waals surface area contributed by atoms with Gasteiger partial charge in [0.15, 0.2) is 5.82 Å². The third-order valence-electron chi connectivity index (χ3n) is 4.64. The van der Waals surface area contributed by atoms with Gasteiger partial charge in [-0.2, -0.15) is 10.4 Å². The van der Waals surface area contributed by atoms with Gasteiger partial charge >= 0.3 is 0 Å². The average Bonchev–Trinajstić information content (AvgIpc) is 3.23. The summed E-state index contributed by atoms with van der Waals surface area (Å²) >= 11 is 0. The molecule has 2 aromatic heterocycles. The van der Waals surface area contributed by atoms with Crippen molar-refractivity contribution in [1.29, 1.82) is 5.26 Å². The lowest BCUT2D eigenvalue weighted by atomic mass is 9.92. The van der Waals surface area contributed by atoms with Crippen LogP contribution in [0.3, 0.4) is 0 Å². The van der Waals surface area contributed by atoms with Gasteiger partial charge in [0.2, 0.25) is 5.60 Å². The second-order valence-electron chi connectivity index (χ2n) is 6.22. The van der Waals surface area contributed by atoms with Crippen LogP contribution in [0.15, 0.2) is 48.8 Å². The SMILES string of the molecule is N#C[C@@]1(c2ccc3c(N)ncnn23)O[C@H](COc2ccccc2)[C@@H](O)[C@H]1O. The topological polar surface area (TPSA) is 139 Å². The zero-order valence-corrected chi connectivity index (χ0v) is 14.1. The van der Waals surface area contributed by atoms with Crippen LogP contribution in [0.1, 0.15) is 5.69 Å². The number of aromatic nitrogens is 3. The summed E-state index contributed by atoms with van der Waals surface area (Å²) in [6, 6.07) is 14.2. The molecule has 0 radical (unpaired) electrons. The number of para-hydroxylation sites is 1. The third-order valence-corrected chi connectivity index (χ3v) is 4.64. The molecule has 4 N–H and O–H groups in total. The zero-order valence-electron chi connectivity index (χ0n) is 14.1. The first-order valence-electron chi connectivity index (χ1n) is 8.28. The molecule has 3 aromatic rings. The first-order valence-corrected chi connectivity index (χ1v) is 8.28. The molecule has 9 heteroatoms. The number of nitriles is 1. The number of nitrogens with two attached hydrogens (primary N) is 1. The van der Waals surface area contributed by atoms with E-state index < -0.39 is 23.9 Å². The second-order valence-corrected chi connectivity index (χ2v) is 6.22. The Morgan fingerprint density at radius 1 is 1.26 bits per heavy atom. The Hall–Kier alpha value is -3.19. The van der Waals surface area contributed by atoms with Crippen molar-refractivity contribution in [1.82, 2.24) is 14.6 Å². The highest BCUT2D eigenvalue weighted by Crippen LogP contribution is 2.40. The van der Waals surface area contributed by atoms with E-state index in [9.17, 15) is 15.5 Å². The Kier molecular flexibility index (Phi) is 4.16. The summed E-state index contributed by atoms with van der Waals surface area (Å²) in [5.74, 6) is 0.812. The molecule has 1 aliphatic rings. The Morgan fingerprint density at radius 3 is 2.78 bits per heavy atom. The van der Waals surface area contributed by atoms with E-state index in [-0.39, 0.29) is 18.1 Å². The molecule has 1 aliphatic heterocycles. The maximum absolute atomic E-state index is 10.6. The molecule has 4 atom stereocenters. The molecule has 0 amide bonds. The van der Waals surface area contributed by atoms with E-state index in [2.05, 4.69) is 10.1 Å². The highest BCUT2D eigenvalue weighted by molar-refractivity contribution is 5.66. The van der Waals surface area contributed by atoms with Crippen LogP contribution in [0.4, 0.5) is 5.82 Å². The minimum Gasteiger partial charge on any atom is -0.491 e. The monoisotopic (exact) mass is 367 g/mol. The molecular formula is C18H17N5O4. The minimum atomic E-state index is -1.82. The van der Waals surface area contributed by atoms with E-state index in [1.807, 2.05) is 24.3 Å². The quantitative estimate of drug-likeness (QED) is 0.595. The van der Waals surface area contributed by atoms with Crippen molar-refractivity contribution in [2.24, 2.45) is 0 Å². The molecule has 9 nitrogen and oxygen atoms in total. The number of nitrogen functional groups attached to an aromatic ring is 1. The number of aliphatic hydroxyl groups is 2. The number of hydrogen-bond donors (Lipinski definition) is 3. The van der Waals surface area contributed by atoms with Crippen molar-refractivity contribution in [3.05, 3.63) is 54.5 Å². The van der Waals surface area contributed by atoms with Gasteiger partial charge in [-0.3, -0.25) is 0 Å². The maximum atomic E-state index is 10.6. The number of aliphatic hydroxyl groups excluding tert-OH is 2. The van der Waals surface area contributed by atoms with Gasteiger partial charge in [0.25, 0.3) is 0 Å². The molecule has 27 heavy (non-hydrogen) atoms. The second kappa shape index (κ2) is 6.51. The molecule has 0 aliphatic carbocycles. The van der Waals surface area contributed by atoms with E-state index in [1.54, 1.807) is 24.3 Å². The van der Waals surface area contributed by atoms with E-state index in [4.69, 9.17) is 15.2 Å². The normalized spacial score (nSPS) is 27.5. The first kappa shape index (κ1) is 17.2. The number of ether oxygens (including phenoxy) is 2. The van der Waals surface area contributed by atoms with Gasteiger partial charge in [-0.15, -0.1) is 0 Å². The van der Waals surface area contributed by atoms with E-state index >= 15 is 0 Å². The van der Waals surface area contributed by atoms with E-state index in [1.165, 1.54) is 10.8 Å². The molecule has 1 saturated heterocycles. The Bertz CT molecular complexity index is 1000.